The lowest BCUT2D eigenvalue weighted by molar-refractivity contribution is -0.143. The van der Waals surface area contributed by atoms with Gasteiger partial charge in [-0.25, -0.2) is 19.8 Å². The number of carboxylic acid groups (broad SMARTS) is 2. The van der Waals surface area contributed by atoms with Crippen molar-refractivity contribution < 1.29 is 34.2 Å². The number of aliphatic carboxylic acids is 2. The van der Waals surface area contributed by atoms with E-state index < -0.39 is 41.9 Å². The van der Waals surface area contributed by atoms with Crippen molar-refractivity contribution in [2.24, 2.45) is 5.16 Å². The molecule has 0 aromatic carbocycles. The topological polar surface area (TPSA) is 188 Å². The number of hydrazine groups is 1. The average molecular weight is 424 g/mol. The molecule has 2 aliphatic rings. The van der Waals surface area contributed by atoms with E-state index in [1.807, 2.05) is 0 Å². The van der Waals surface area contributed by atoms with Gasteiger partial charge >= 0.3 is 11.9 Å². The van der Waals surface area contributed by atoms with Crippen molar-refractivity contribution >= 4 is 45.9 Å². The zero-order valence-electron chi connectivity index (χ0n) is 15.0. The van der Waals surface area contributed by atoms with Crippen LogP contribution in [0.25, 0.3) is 0 Å². The normalized spacial score (nSPS) is 19.5. The molecule has 1 atom stereocenters. The van der Waals surface area contributed by atoms with E-state index in [1.54, 1.807) is 0 Å². The molecule has 1 aromatic rings. The van der Waals surface area contributed by atoms with Gasteiger partial charge in [-0.3, -0.25) is 14.4 Å². The number of hydrogen-bond acceptors (Lipinski definition) is 10. The number of oxime groups is 1. The summed E-state index contributed by atoms with van der Waals surface area (Å²) in [5, 5.41) is 28.4. The van der Waals surface area contributed by atoms with Gasteiger partial charge in [-0.1, -0.05) is 5.16 Å². The summed E-state index contributed by atoms with van der Waals surface area (Å²) < 4.78 is 0. The number of nitrogen functional groups attached to an aromatic ring is 1. The fourth-order valence-electron chi connectivity index (χ4n) is 3.08. The number of carbonyl (C=O) groups is 4. The molecule has 29 heavy (non-hydrogen) atoms. The summed E-state index contributed by atoms with van der Waals surface area (Å²) in [7, 11) is 1.24. The fraction of sp³-hybridized carbons (Fsp3) is 0.333. The smallest absolute Gasteiger partial charge is 0.354 e. The van der Waals surface area contributed by atoms with Gasteiger partial charge in [-0.15, -0.1) is 11.3 Å². The lowest BCUT2D eigenvalue weighted by atomic mass is 10.1. The highest BCUT2D eigenvalue weighted by Gasteiger charge is 2.48. The predicted octanol–water partition coefficient (Wildman–Crippen LogP) is -1.55. The van der Waals surface area contributed by atoms with Gasteiger partial charge in [0.25, 0.3) is 11.8 Å². The summed E-state index contributed by atoms with van der Waals surface area (Å²) in [6, 6.07) is -1.07. The maximum absolute atomic E-state index is 12.7. The summed E-state index contributed by atoms with van der Waals surface area (Å²) in [5.41, 5.74) is 5.21. The molecule has 0 bridgehead atoms. The number of nitrogens with one attached hydrogen (secondary N) is 1. The van der Waals surface area contributed by atoms with Gasteiger partial charge in [-0.05, 0) is 5.57 Å². The highest BCUT2D eigenvalue weighted by molar-refractivity contribution is 7.13. The lowest BCUT2D eigenvalue weighted by Gasteiger charge is -2.19. The van der Waals surface area contributed by atoms with Crippen molar-refractivity contribution in [3.63, 3.8) is 0 Å². The van der Waals surface area contributed by atoms with Gasteiger partial charge in [0.05, 0.1) is 6.42 Å². The number of nitrogens with zero attached hydrogens (tertiary/aromatic N) is 4. The first kappa shape index (κ1) is 20.2. The van der Waals surface area contributed by atoms with Crippen molar-refractivity contribution in [1.29, 1.82) is 0 Å². The van der Waals surface area contributed by atoms with Crippen LogP contribution in [-0.2, 0) is 24.0 Å². The van der Waals surface area contributed by atoms with Gasteiger partial charge in [0.15, 0.2) is 10.8 Å². The molecular formula is C15H16N6O7S. The van der Waals surface area contributed by atoms with Gasteiger partial charge in [-0.2, -0.15) is 0 Å². The van der Waals surface area contributed by atoms with E-state index in [1.165, 1.54) is 17.5 Å². The first-order chi connectivity index (χ1) is 13.7. The number of amides is 2. The van der Waals surface area contributed by atoms with Crippen LogP contribution in [0.15, 0.2) is 21.8 Å². The monoisotopic (exact) mass is 424 g/mol. The van der Waals surface area contributed by atoms with Crippen LogP contribution in [0.2, 0.25) is 0 Å². The molecule has 2 amide bonds. The standard InChI is InChI=1S/C15H16N6O7S/c1-28-19-10(8-5-29-15(16)18-8)12(24)17-7-4-20-3-6(2-9(22)23)11(14(26)27)21(20)13(7)25/h5,7H,2-4H2,1H3,(H2,16,18)(H,17,24)(H,22,23)(H,26,27)/b19-10-/t7-/m0/s1. The third-order valence-corrected chi connectivity index (χ3v) is 4.81. The second-order valence-corrected chi connectivity index (χ2v) is 6.93. The fourth-order valence-corrected chi connectivity index (χ4v) is 3.63. The number of rotatable bonds is 7. The van der Waals surface area contributed by atoms with E-state index in [-0.39, 0.29) is 35.2 Å². The molecule has 0 unspecified atom stereocenters. The Kier molecular flexibility index (Phi) is 5.47. The number of thiazole rings is 1. The summed E-state index contributed by atoms with van der Waals surface area (Å²) in [6.07, 6.45) is -0.505. The molecule has 1 aromatic heterocycles. The number of carbonyl (C=O) groups excluding carboxylic acids is 2. The molecule has 0 radical (unpaired) electrons. The Hall–Kier alpha value is -3.52. The van der Waals surface area contributed by atoms with Gasteiger partial charge in [0.1, 0.15) is 24.5 Å². The Labute approximate surface area is 167 Å². The van der Waals surface area contributed by atoms with Crippen LogP contribution in [0.5, 0.6) is 0 Å². The highest BCUT2D eigenvalue weighted by atomic mass is 32.1. The third kappa shape index (κ3) is 3.88. The van der Waals surface area contributed by atoms with Crippen molar-refractivity contribution in [3.8, 4) is 0 Å². The van der Waals surface area contributed by atoms with Crippen LogP contribution < -0.4 is 11.1 Å². The Morgan fingerprint density at radius 2 is 2.17 bits per heavy atom. The van der Waals surface area contributed by atoms with Crippen molar-refractivity contribution in [1.82, 2.24) is 20.3 Å². The number of nitrogens with two attached hydrogens (primary N) is 1. The number of anilines is 1. The minimum atomic E-state index is -1.43. The first-order valence-electron chi connectivity index (χ1n) is 8.12. The van der Waals surface area contributed by atoms with Gasteiger partial charge in [0, 0.05) is 18.5 Å². The molecule has 13 nitrogen and oxygen atoms in total. The van der Waals surface area contributed by atoms with E-state index >= 15 is 0 Å². The van der Waals surface area contributed by atoms with E-state index in [4.69, 9.17) is 10.8 Å². The van der Waals surface area contributed by atoms with Crippen LogP contribution >= 0.6 is 11.3 Å². The second kappa shape index (κ2) is 7.84. The molecule has 2 aliphatic heterocycles. The van der Waals surface area contributed by atoms with E-state index in [2.05, 4.69) is 20.3 Å². The van der Waals surface area contributed by atoms with E-state index in [0.717, 1.165) is 16.3 Å². The summed E-state index contributed by atoms with van der Waals surface area (Å²) in [5.74, 6) is -4.10. The van der Waals surface area contributed by atoms with Crippen LogP contribution in [-0.4, -0.2) is 80.9 Å². The molecular weight excluding hydrogens is 408 g/mol. The third-order valence-electron chi connectivity index (χ3n) is 4.14. The predicted molar refractivity (Wildman–Crippen MR) is 97.3 cm³/mol. The summed E-state index contributed by atoms with van der Waals surface area (Å²) in [4.78, 5) is 56.5. The van der Waals surface area contributed by atoms with E-state index in [0.29, 0.717) is 0 Å². The average Bonchev–Trinajstić information content (AvgIpc) is 3.28. The largest absolute Gasteiger partial charge is 0.481 e. The molecule has 154 valence electrons. The maximum atomic E-state index is 12.7. The Bertz CT molecular complexity index is 955. The minimum absolute atomic E-state index is 0.0378. The first-order valence-corrected chi connectivity index (χ1v) is 9.00. The molecule has 0 saturated carbocycles. The van der Waals surface area contributed by atoms with Crippen LogP contribution in [0, 0.1) is 0 Å². The molecule has 14 heteroatoms. The molecule has 0 aliphatic carbocycles. The molecule has 3 rings (SSSR count). The maximum Gasteiger partial charge on any atom is 0.354 e. The Morgan fingerprint density at radius 1 is 1.45 bits per heavy atom. The van der Waals surface area contributed by atoms with Crippen LogP contribution in [0.3, 0.4) is 0 Å². The molecule has 0 spiro atoms. The molecule has 3 heterocycles. The van der Waals surface area contributed by atoms with Crippen LogP contribution in [0.4, 0.5) is 5.13 Å². The highest BCUT2D eigenvalue weighted by Crippen LogP contribution is 2.31. The Morgan fingerprint density at radius 3 is 2.72 bits per heavy atom. The van der Waals surface area contributed by atoms with Gasteiger partial charge in [0.2, 0.25) is 0 Å². The van der Waals surface area contributed by atoms with E-state index in [9.17, 15) is 24.3 Å². The molecule has 5 N–H and O–H groups in total. The number of hydrogen-bond donors (Lipinski definition) is 4. The lowest BCUT2D eigenvalue weighted by Crippen LogP contribution is -2.46. The Balaban J connectivity index is 1.79. The summed E-state index contributed by atoms with van der Waals surface area (Å²) in [6.45, 7) is -0.0857. The number of aromatic nitrogens is 1. The van der Waals surface area contributed by atoms with Crippen molar-refractivity contribution in [2.45, 2.75) is 12.5 Å². The van der Waals surface area contributed by atoms with Crippen molar-refractivity contribution in [3.05, 3.63) is 22.3 Å². The SMILES string of the molecule is CO/N=C(\C(=O)N[C@H]1CN2CC(CC(=O)O)=C(C(=O)O)N2C1=O)c1csc(N)n1. The van der Waals surface area contributed by atoms with Crippen molar-refractivity contribution in [2.75, 3.05) is 25.9 Å². The zero-order valence-corrected chi connectivity index (χ0v) is 15.8. The molecule has 1 fully saturated rings. The molecule has 1 saturated heterocycles. The van der Waals surface area contributed by atoms with Gasteiger partial charge < -0.3 is 26.1 Å². The number of fused-ring (bicyclic) bond motifs is 1. The second-order valence-electron chi connectivity index (χ2n) is 6.04. The minimum Gasteiger partial charge on any atom is -0.481 e. The zero-order chi connectivity index (χ0) is 21.3. The quantitative estimate of drug-likeness (QED) is 0.294. The van der Waals surface area contributed by atoms with Crippen LogP contribution in [0.1, 0.15) is 12.1 Å². The summed E-state index contributed by atoms with van der Waals surface area (Å²) >= 11 is 1.09. The number of carboxylic acids is 2.